The Labute approximate surface area is 418 Å². The van der Waals surface area contributed by atoms with E-state index in [0.29, 0.717) is 41.8 Å². The number of nitrogens with one attached hydrogen (secondary N) is 7. The Balaban J connectivity index is 1.34. The number of rotatable bonds is 11. The number of amides is 7. The van der Waals surface area contributed by atoms with E-state index in [1.165, 1.54) is 53.2 Å². The van der Waals surface area contributed by atoms with Gasteiger partial charge in [-0.1, -0.05) is 47.7 Å². The third-order valence-corrected chi connectivity index (χ3v) is 12.1. The highest BCUT2D eigenvalue weighted by Crippen LogP contribution is 2.20. The Hall–Kier alpha value is -8.58. The number of guanidine groups is 1. The first-order valence-corrected chi connectivity index (χ1v) is 23.6. The van der Waals surface area contributed by atoms with Gasteiger partial charge in [-0.05, 0) is 79.1 Å². The molecule has 25 nitrogen and oxygen atoms in total. The molecular weight excluding hydrogens is 945 g/mol. The van der Waals surface area contributed by atoms with Gasteiger partial charge in [0.15, 0.2) is 12.1 Å². The number of carbonyl (C=O) groups excluding carboxylic acids is 7. The van der Waals surface area contributed by atoms with E-state index in [1.807, 2.05) is 24.3 Å². The highest BCUT2D eigenvalue weighted by Gasteiger charge is 2.34. The van der Waals surface area contributed by atoms with Crippen LogP contribution in [-0.4, -0.2) is 126 Å². The summed E-state index contributed by atoms with van der Waals surface area (Å²) in [5.74, 6) is -6.34. The first-order chi connectivity index (χ1) is 34.9. The summed E-state index contributed by atoms with van der Waals surface area (Å²) in [6.45, 7) is 0.345. The lowest BCUT2D eigenvalue weighted by Gasteiger charge is -2.27. The van der Waals surface area contributed by atoms with Crippen molar-refractivity contribution in [1.29, 1.82) is 0 Å². The fourth-order valence-electron chi connectivity index (χ4n) is 8.10. The molecular formula is C48H62N16O9. The molecule has 0 saturated carbocycles. The topological polar surface area (TPSA) is 421 Å². The quantitative estimate of drug-likeness (QED) is 0.0364. The number of phenolic OH excluding ortho intramolecular Hbond substituents is 2. The molecule has 5 aromatic rings. The molecule has 2 aromatic heterocycles. The number of H-pyrrole nitrogens is 1. The van der Waals surface area contributed by atoms with Gasteiger partial charge in [-0.25, -0.2) is 0 Å². The number of benzene rings is 3. The van der Waals surface area contributed by atoms with Crippen LogP contribution in [0.4, 0.5) is 0 Å². The van der Waals surface area contributed by atoms with Crippen molar-refractivity contribution in [2.45, 2.75) is 107 Å². The molecule has 19 N–H and O–H groups in total. The maximum atomic E-state index is 14.6. The Morgan fingerprint density at radius 3 is 1.86 bits per heavy atom. The number of aryl methyl sites for hydroxylation is 1. The zero-order chi connectivity index (χ0) is 52.6. The van der Waals surface area contributed by atoms with Crippen molar-refractivity contribution < 1.29 is 43.8 Å². The molecule has 7 atom stereocenters. The van der Waals surface area contributed by atoms with E-state index in [9.17, 15) is 43.8 Å². The van der Waals surface area contributed by atoms with Crippen LogP contribution in [0.3, 0.4) is 0 Å². The second-order valence-electron chi connectivity index (χ2n) is 17.7. The molecule has 0 fully saturated rings. The number of fused-ring (bicyclic) bond motifs is 3. The van der Waals surface area contributed by atoms with Gasteiger partial charge in [-0.2, -0.15) is 0 Å². The van der Waals surface area contributed by atoms with Crippen LogP contribution in [0.25, 0.3) is 10.9 Å². The van der Waals surface area contributed by atoms with Crippen molar-refractivity contribution >= 4 is 58.2 Å². The minimum atomic E-state index is -1.82. The van der Waals surface area contributed by atoms with Crippen molar-refractivity contribution in [3.8, 4) is 11.5 Å². The van der Waals surface area contributed by atoms with Gasteiger partial charge in [0.05, 0.1) is 11.7 Å². The Bertz CT molecular complexity index is 2760. The molecule has 0 saturated heterocycles. The average molecular weight is 1010 g/mol. The SMILES string of the molecule is NC(=O)[C@@H]1CCCCn2cc(nn2)C[C@H](N)C(=O)N[C@H](Cc2c[nH]c3ccccc23)C(=O)N[C@H](Cc2ccc(O)cc2)C(=O)N[C@H](CCCN=C(N)N)C(=O)N[C@H](N)C(=O)N[C@H](Cc2ccc(O)cc2)C(=O)N1. The predicted octanol–water partition coefficient (Wildman–Crippen LogP) is -2.68. The monoisotopic (exact) mass is 1010 g/mol. The molecule has 388 valence electrons. The van der Waals surface area contributed by atoms with E-state index in [-0.39, 0.29) is 68.9 Å². The lowest BCUT2D eigenvalue weighted by Crippen LogP contribution is -2.62. The molecule has 73 heavy (non-hydrogen) atoms. The fraction of sp³-hybridized carbons (Fsp3) is 0.375. The van der Waals surface area contributed by atoms with E-state index < -0.39 is 83.8 Å². The molecule has 0 radical (unpaired) electrons. The van der Waals surface area contributed by atoms with Gasteiger partial charge in [0.2, 0.25) is 35.4 Å². The molecule has 0 spiro atoms. The Morgan fingerprint density at radius 2 is 1.23 bits per heavy atom. The first-order valence-electron chi connectivity index (χ1n) is 23.6. The number of phenols is 2. The predicted molar refractivity (Wildman–Crippen MR) is 266 cm³/mol. The molecule has 6 rings (SSSR count). The third-order valence-electron chi connectivity index (χ3n) is 12.1. The van der Waals surface area contributed by atoms with Crippen LogP contribution in [0, 0.1) is 0 Å². The number of nitrogens with two attached hydrogens (primary N) is 5. The van der Waals surface area contributed by atoms with Crippen LogP contribution in [0.1, 0.15) is 54.5 Å². The molecule has 0 aliphatic carbocycles. The number of aromatic hydroxyl groups is 2. The van der Waals surface area contributed by atoms with Crippen LogP contribution in [0.5, 0.6) is 11.5 Å². The van der Waals surface area contributed by atoms with Gasteiger partial charge >= 0.3 is 0 Å². The molecule has 25 heteroatoms. The summed E-state index contributed by atoms with van der Waals surface area (Å²) in [5.41, 5.74) is 32.2. The van der Waals surface area contributed by atoms with Gasteiger partial charge in [0, 0.05) is 62.1 Å². The summed E-state index contributed by atoms with van der Waals surface area (Å²) in [7, 11) is 0. The lowest BCUT2D eigenvalue weighted by molar-refractivity contribution is -0.135. The third kappa shape index (κ3) is 16.0. The molecule has 3 heterocycles. The van der Waals surface area contributed by atoms with E-state index in [2.05, 4.69) is 52.2 Å². The number of hydrogen-bond acceptors (Lipinski definition) is 14. The number of aromatic nitrogens is 4. The van der Waals surface area contributed by atoms with Crippen LogP contribution in [0.15, 0.2) is 90.2 Å². The number of aromatic amines is 1. The van der Waals surface area contributed by atoms with Crippen LogP contribution >= 0.6 is 0 Å². The second-order valence-corrected chi connectivity index (χ2v) is 17.7. The van der Waals surface area contributed by atoms with E-state index in [4.69, 9.17) is 28.7 Å². The van der Waals surface area contributed by atoms with E-state index >= 15 is 0 Å². The van der Waals surface area contributed by atoms with Crippen LogP contribution < -0.4 is 60.6 Å². The Kier molecular flexibility index (Phi) is 18.8. The van der Waals surface area contributed by atoms with Gasteiger partial charge in [-0.3, -0.25) is 43.2 Å². The summed E-state index contributed by atoms with van der Waals surface area (Å²) in [6, 6.07) is 11.0. The highest BCUT2D eigenvalue weighted by atomic mass is 16.3. The molecule has 2 bridgehead atoms. The summed E-state index contributed by atoms with van der Waals surface area (Å²) < 4.78 is 1.52. The maximum absolute atomic E-state index is 14.6. The summed E-state index contributed by atoms with van der Waals surface area (Å²) in [6.07, 6.45) is 1.95. The summed E-state index contributed by atoms with van der Waals surface area (Å²) in [5, 5.41) is 44.7. The normalized spacial score (nSPS) is 22.4. The number of primary amides is 1. The fourth-order valence-corrected chi connectivity index (χ4v) is 8.10. The van der Waals surface area contributed by atoms with Crippen molar-refractivity contribution in [2.24, 2.45) is 33.7 Å². The lowest BCUT2D eigenvalue weighted by atomic mass is 10.0. The van der Waals surface area contributed by atoms with Gasteiger partial charge < -0.3 is 75.8 Å². The minimum Gasteiger partial charge on any atom is -0.508 e. The average Bonchev–Trinajstić information content (AvgIpc) is 3.99. The zero-order valence-electron chi connectivity index (χ0n) is 39.8. The Morgan fingerprint density at radius 1 is 0.671 bits per heavy atom. The summed E-state index contributed by atoms with van der Waals surface area (Å²) >= 11 is 0. The maximum Gasteiger partial charge on any atom is 0.258 e. The number of carbonyl (C=O) groups is 7. The van der Waals surface area contributed by atoms with Crippen molar-refractivity contribution in [3.63, 3.8) is 0 Å². The molecule has 0 unspecified atom stereocenters. The van der Waals surface area contributed by atoms with Crippen LogP contribution in [0.2, 0.25) is 0 Å². The van der Waals surface area contributed by atoms with Gasteiger partial charge in [0.25, 0.3) is 5.91 Å². The minimum absolute atomic E-state index is 0.0261. The number of para-hydroxylation sites is 1. The second kappa shape index (κ2) is 25.5. The van der Waals surface area contributed by atoms with Crippen molar-refractivity contribution in [1.82, 2.24) is 51.9 Å². The van der Waals surface area contributed by atoms with Crippen LogP contribution in [-0.2, 0) is 65.8 Å². The largest absolute Gasteiger partial charge is 0.508 e. The molecule has 1 aliphatic rings. The van der Waals surface area contributed by atoms with Gasteiger partial charge in [0.1, 0.15) is 41.7 Å². The van der Waals surface area contributed by atoms with E-state index in [1.54, 1.807) is 12.4 Å². The number of nitrogens with zero attached hydrogens (tertiary/aromatic N) is 4. The number of hydrogen-bond donors (Lipinski definition) is 14. The standard InChI is InChI=1S/C48H62N16O9/c49-33-23-29-25-64(63-62-29)19-4-3-8-35(41(51)67)56-44(70)38(21-27-12-16-31(66)17-13-27)60-47(73)40(50)61-43(69)36(9-5-18-54-48(52)53)57-45(71)37(20-26-10-14-30(65)15-11-26)59-46(72)39(58-42(33)68)22-28-24-55-34-7-2-1-6-32(28)34/h1-2,6-7,10-17,24-25,33,35-40,55,65-66H,3-5,8-9,18-23,49-50H2,(H2,51,67)(H,56,70)(H,57,71)(H,58,68)(H,59,72)(H,60,73)(H,61,69)(H4,52,53,54)/t33-,35-,36+,37+,38+,39+,40-/m0/s1. The zero-order valence-corrected chi connectivity index (χ0v) is 39.8. The van der Waals surface area contributed by atoms with Crippen molar-refractivity contribution in [2.75, 3.05) is 6.54 Å². The molecule has 1 aliphatic heterocycles. The number of aliphatic imine (C=N–C) groups is 1. The van der Waals surface area contributed by atoms with Crippen molar-refractivity contribution in [3.05, 3.63) is 108 Å². The highest BCUT2D eigenvalue weighted by molar-refractivity contribution is 5.97. The molecule has 7 amide bonds. The van der Waals surface area contributed by atoms with E-state index in [0.717, 1.165) is 10.9 Å². The summed E-state index contributed by atoms with van der Waals surface area (Å²) in [4.78, 5) is 105. The smallest absolute Gasteiger partial charge is 0.258 e. The first kappa shape index (κ1) is 53.8. The molecule has 3 aromatic carbocycles. The van der Waals surface area contributed by atoms with Gasteiger partial charge in [-0.15, -0.1) is 5.10 Å².